The van der Waals surface area contributed by atoms with Crippen LogP contribution in [-0.4, -0.2) is 38.3 Å². The van der Waals surface area contributed by atoms with E-state index in [-0.39, 0.29) is 35.8 Å². The minimum absolute atomic E-state index is 0. The Bertz CT molecular complexity index is 618. The van der Waals surface area contributed by atoms with Crippen molar-refractivity contribution < 1.29 is 4.79 Å². The molecular formula is C20H33IN4OS. The van der Waals surface area contributed by atoms with E-state index < -0.39 is 0 Å². The minimum Gasteiger partial charge on any atom is -0.355 e. The normalized spacial score (nSPS) is 15.0. The number of aryl methyl sites for hydroxylation is 1. The highest BCUT2D eigenvalue weighted by Crippen LogP contribution is 2.23. The third kappa shape index (κ3) is 8.29. The summed E-state index contributed by atoms with van der Waals surface area (Å²) in [7, 11) is 1.76. The summed E-state index contributed by atoms with van der Waals surface area (Å²) in [6.45, 7) is 4.13. The Morgan fingerprint density at radius 3 is 2.52 bits per heavy atom. The second kappa shape index (κ2) is 13.3. The van der Waals surface area contributed by atoms with E-state index in [4.69, 9.17) is 0 Å². The number of carbonyl (C=O) groups is 1. The molecule has 1 aromatic rings. The first-order valence-electron chi connectivity index (χ1n) is 9.49. The Balaban J connectivity index is 0.00000364. The van der Waals surface area contributed by atoms with Gasteiger partial charge in [-0.2, -0.15) is 0 Å². The van der Waals surface area contributed by atoms with Gasteiger partial charge in [-0.05, 0) is 43.2 Å². The molecule has 0 atom stereocenters. The van der Waals surface area contributed by atoms with Gasteiger partial charge in [-0.3, -0.25) is 9.79 Å². The highest BCUT2D eigenvalue weighted by molar-refractivity contribution is 14.0. The zero-order chi connectivity index (χ0) is 18.8. The van der Waals surface area contributed by atoms with Crippen LogP contribution in [0.2, 0.25) is 0 Å². The number of carbonyl (C=O) groups excluding carboxylic acids is 1. The van der Waals surface area contributed by atoms with Crippen molar-refractivity contribution in [3.8, 4) is 0 Å². The summed E-state index contributed by atoms with van der Waals surface area (Å²) in [6, 6.07) is 6.50. The van der Waals surface area contributed by atoms with Crippen LogP contribution in [0.5, 0.6) is 0 Å². The lowest BCUT2D eigenvalue weighted by Gasteiger charge is -2.21. The largest absolute Gasteiger partial charge is 0.355 e. The maximum Gasteiger partial charge on any atom is 0.223 e. The molecule has 0 spiro atoms. The first-order chi connectivity index (χ1) is 12.6. The van der Waals surface area contributed by atoms with E-state index in [0.717, 1.165) is 25.3 Å². The van der Waals surface area contributed by atoms with Crippen molar-refractivity contribution in [1.29, 1.82) is 0 Å². The van der Waals surface area contributed by atoms with Crippen LogP contribution in [0.3, 0.4) is 0 Å². The number of nitrogens with zero attached hydrogens (tertiary/aromatic N) is 1. The Hall–Kier alpha value is -0.960. The van der Waals surface area contributed by atoms with Crippen LogP contribution in [0, 0.1) is 12.8 Å². The summed E-state index contributed by atoms with van der Waals surface area (Å²) < 4.78 is 0. The molecule has 0 radical (unpaired) electrons. The monoisotopic (exact) mass is 504 g/mol. The van der Waals surface area contributed by atoms with Gasteiger partial charge in [-0.25, -0.2) is 0 Å². The van der Waals surface area contributed by atoms with Crippen molar-refractivity contribution in [3.05, 3.63) is 29.3 Å². The maximum atomic E-state index is 12.1. The van der Waals surface area contributed by atoms with Crippen molar-refractivity contribution in [2.24, 2.45) is 10.9 Å². The molecule has 0 bridgehead atoms. The molecule has 5 nitrogen and oxygen atoms in total. The quantitative estimate of drug-likeness (QED) is 0.174. The van der Waals surface area contributed by atoms with Gasteiger partial charge in [0.15, 0.2) is 5.96 Å². The number of hydrogen-bond acceptors (Lipinski definition) is 3. The number of guanidine groups is 1. The zero-order valence-corrected chi connectivity index (χ0v) is 19.8. The lowest BCUT2D eigenvalue weighted by molar-refractivity contribution is -0.125. The summed E-state index contributed by atoms with van der Waals surface area (Å²) in [4.78, 5) is 17.7. The molecule has 1 saturated carbocycles. The Labute approximate surface area is 185 Å². The number of hydrogen-bond donors (Lipinski definition) is 3. The van der Waals surface area contributed by atoms with E-state index in [1.807, 2.05) is 0 Å². The zero-order valence-electron chi connectivity index (χ0n) is 16.6. The van der Waals surface area contributed by atoms with Crippen molar-refractivity contribution in [3.63, 3.8) is 0 Å². The van der Waals surface area contributed by atoms with Crippen LogP contribution in [0.4, 0.5) is 0 Å². The number of benzene rings is 1. The molecule has 0 heterocycles. The molecule has 1 amide bonds. The molecule has 27 heavy (non-hydrogen) atoms. The Kier molecular flexibility index (Phi) is 11.8. The molecule has 2 rings (SSSR count). The van der Waals surface area contributed by atoms with E-state index in [1.165, 1.54) is 35.3 Å². The molecule has 1 aromatic carbocycles. The smallest absolute Gasteiger partial charge is 0.223 e. The number of nitrogens with one attached hydrogen (secondary N) is 3. The third-order valence-electron chi connectivity index (χ3n) is 4.81. The Morgan fingerprint density at radius 1 is 1.15 bits per heavy atom. The second-order valence-corrected chi connectivity index (χ2v) is 7.64. The van der Waals surface area contributed by atoms with Crippen LogP contribution < -0.4 is 16.0 Å². The SMILES string of the molecule is CN=C(NCCNC(=O)C1CCCCC1)NCc1ccc(C)cc1SC.I. The van der Waals surface area contributed by atoms with Gasteiger partial charge in [0.2, 0.25) is 5.91 Å². The fraction of sp³-hybridized carbons (Fsp3) is 0.600. The number of aliphatic imine (C=N–C) groups is 1. The number of amides is 1. The van der Waals surface area contributed by atoms with Crippen molar-refractivity contribution in [2.45, 2.75) is 50.5 Å². The summed E-state index contributed by atoms with van der Waals surface area (Å²) in [5.41, 5.74) is 2.53. The molecule has 7 heteroatoms. The topological polar surface area (TPSA) is 65.5 Å². The average Bonchev–Trinajstić information content (AvgIpc) is 2.68. The molecule has 0 unspecified atom stereocenters. The average molecular weight is 504 g/mol. The highest BCUT2D eigenvalue weighted by atomic mass is 127. The Morgan fingerprint density at radius 2 is 1.85 bits per heavy atom. The van der Waals surface area contributed by atoms with Gasteiger partial charge in [0.25, 0.3) is 0 Å². The first-order valence-corrected chi connectivity index (χ1v) is 10.7. The fourth-order valence-corrected chi connectivity index (χ4v) is 3.98. The van der Waals surface area contributed by atoms with Gasteiger partial charge in [0, 0.05) is 37.5 Å². The minimum atomic E-state index is 0. The van der Waals surface area contributed by atoms with Gasteiger partial charge in [-0.15, -0.1) is 35.7 Å². The first kappa shape index (κ1) is 24.1. The molecule has 0 aromatic heterocycles. The van der Waals surface area contributed by atoms with Crippen molar-refractivity contribution >= 4 is 47.6 Å². The standard InChI is InChI=1S/C20H32N4OS.HI/c1-15-9-10-17(18(13-15)26-3)14-24-20(21-2)23-12-11-22-19(25)16-7-5-4-6-8-16;/h9-10,13,16H,4-8,11-12,14H2,1-3H3,(H,22,25)(H2,21,23,24);1H. The van der Waals surface area contributed by atoms with Gasteiger partial charge in [-0.1, -0.05) is 31.4 Å². The molecule has 3 N–H and O–H groups in total. The van der Waals surface area contributed by atoms with Crippen LogP contribution in [-0.2, 0) is 11.3 Å². The van der Waals surface area contributed by atoms with Crippen LogP contribution in [0.25, 0.3) is 0 Å². The number of rotatable bonds is 7. The lowest BCUT2D eigenvalue weighted by atomic mass is 9.89. The van der Waals surface area contributed by atoms with Gasteiger partial charge < -0.3 is 16.0 Å². The predicted octanol–water partition coefficient (Wildman–Crippen LogP) is 3.70. The molecule has 0 aliphatic heterocycles. The van der Waals surface area contributed by atoms with Gasteiger partial charge in [0.1, 0.15) is 0 Å². The van der Waals surface area contributed by atoms with Gasteiger partial charge >= 0.3 is 0 Å². The molecular weight excluding hydrogens is 471 g/mol. The van der Waals surface area contributed by atoms with Crippen LogP contribution >= 0.6 is 35.7 Å². The third-order valence-corrected chi connectivity index (χ3v) is 5.62. The second-order valence-electron chi connectivity index (χ2n) is 6.79. The van der Waals surface area contributed by atoms with Crippen molar-refractivity contribution in [2.75, 3.05) is 26.4 Å². The van der Waals surface area contributed by atoms with Crippen LogP contribution in [0.15, 0.2) is 28.1 Å². The molecule has 1 aliphatic carbocycles. The van der Waals surface area contributed by atoms with E-state index in [2.05, 4.69) is 52.3 Å². The highest BCUT2D eigenvalue weighted by Gasteiger charge is 2.20. The molecule has 152 valence electrons. The summed E-state index contributed by atoms with van der Waals surface area (Å²) in [5, 5.41) is 9.65. The van der Waals surface area contributed by atoms with Gasteiger partial charge in [0.05, 0.1) is 0 Å². The molecule has 0 saturated heterocycles. The molecule has 1 aliphatic rings. The van der Waals surface area contributed by atoms with Crippen molar-refractivity contribution in [1.82, 2.24) is 16.0 Å². The number of halogens is 1. The van der Waals surface area contributed by atoms with E-state index in [0.29, 0.717) is 13.1 Å². The van der Waals surface area contributed by atoms with E-state index in [1.54, 1.807) is 18.8 Å². The van der Waals surface area contributed by atoms with E-state index >= 15 is 0 Å². The number of thioether (sulfide) groups is 1. The summed E-state index contributed by atoms with van der Waals surface area (Å²) in [5.74, 6) is 1.18. The summed E-state index contributed by atoms with van der Waals surface area (Å²) >= 11 is 1.76. The van der Waals surface area contributed by atoms with Crippen LogP contribution in [0.1, 0.15) is 43.2 Å². The summed E-state index contributed by atoms with van der Waals surface area (Å²) in [6.07, 6.45) is 7.81. The molecule has 1 fully saturated rings. The predicted molar refractivity (Wildman–Crippen MR) is 126 cm³/mol. The van der Waals surface area contributed by atoms with E-state index in [9.17, 15) is 4.79 Å². The lowest BCUT2D eigenvalue weighted by Crippen LogP contribution is -2.42. The maximum absolute atomic E-state index is 12.1. The fourth-order valence-electron chi connectivity index (χ4n) is 3.27.